The molecule has 3 rings (SSSR count). The highest BCUT2D eigenvalue weighted by Gasteiger charge is 2.24. The smallest absolute Gasteiger partial charge is 0.254 e. The van der Waals surface area contributed by atoms with E-state index in [-0.39, 0.29) is 5.91 Å². The molecule has 0 bridgehead atoms. The fraction of sp³-hybridized carbons (Fsp3) is 0.524. The molecular weight excluding hydrogens is 328 g/mol. The number of hydrogen-bond donors (Lipinski definition) is 0. The summed E-state index contributed by atoms with van der Waals surface area (Å²) in [6.07, 6.45) is 5.99. The number of ether oxygens (including phenoxy) is 1. The second-order valence-corrected chi connectivity index (χ2v) is 7.00. The van der Waals surface area contributed by atoms with Gasteiger partial charge in [-0.1, -0.05) is 24.4 Å². The first-order valence-electron chi connectivity index (χ1n) is 9.55. The van der Waals surface area contributed by atoms with Crippen LogP contribution in [0.3, 0.4) is 0 Å². The van der Waals surface area contributed by atoms with E-state index in [9.17, 15) is 4.79 Å². The Bertz CT molecular complexity index is 711. The van der Waals surface area contributed by atoms with Gasteiger partial charge in [0.05, 0.1) is 11.3 Å². The molecule has 0 atom stereocenters. The minimum absolute atomic E-state index is 0.122. The van der Waals surface area contributed by atoms with E-state index in [0.29, 0.717) is 12.6 Å². The van der Waals surface area contributed by atoms with E-state index in [1.165, 1.54) is 19.3 Å². The number of carbonyl (C=O) groups excluding carboxylic acids is 1. The van der Waals surface area contributed by atoms with Gasteiger partial charge in [0.15, 0.2) is 0 Å². The Kier molecular flexibility index (Phi) is 5.96. The highest BCUT2D eigenvalue weighted by Crippen LogP contribution is 2.25. The first-order chi connectivity index (χ1) is 12.6. The zero-order chi connectivity index (χ0) is 18.5. The highest BCUT2D eigenvalue weighted by atomic mass is 16.5. The van der Waals surface area contributed by atoms with Gasteiger partial charge in [-0.2, -0.15) is 0 Å². The maximum atomic E-state index is 12.9. The standard InChI is InChI=1S/C21H28N2O3/c1-4-23(18-8-6-5-7-9-18)21(24)17-10-12-19(13-11-17)25-14-20-15(2)22-26-16(20)3/h10-13,18H,4-9,14H2,1-3H3. The lowest BCUT2D eigenvalue weighted by Crippen LogP contribution is -2.41. The molecule has 0 unspecified atom stereocenters. The van der Waals surface area contributed by atoms with Crippen LogP contribution in [0.1, 0.15) is 66.4 Å². The molecule has 1 heterocycles. The highest BCUT2D eigenvalue weighted by molar-refractivity contribution is 5.94. The quantitative estimate of drug-likeness (QED) is 0.755. The maximum absolute atomic E-state index is 12.9. The second kappa shape index (κ2) is 8.39. The first kappa shape index (κ1) is 18.5. The van der Waals surface area contributed by atoms with Crippen molar-refractivity contribution in [3.63, 3.8) is 0 Å². The van der Waals surface area contributed by atoms with Gasteiger partial charge in [0, 0.05) is 18.2 Å². The molecule has 1 aromatic carbocycles. The zero-order valence-electron chi connectivity index (χ0n) is 16.0. The Labute approximate surface area is 155 Å². The van der Waals surface area contributed by atoms with Crippen molar-refractivity contribution in [1.82, 2.24) is 10.1 Å². The number of amides is 1. The molecular formula is C21H28N2O3. The third-order valence-electron chi connectivity index (χ3n) is 5.28. The van der Waals surface area contributed by atoms with Crippen molar-refractivity contribution in [3.05, 3.63) is 46.8 Å². The topological polar surface area (TPSA) is 55.6 Å². The van der Waals surface area contributed by atoms with Crippen LogP contribution in [0.15, 0.2) is 28.8 Å². The van der Waals surface area contributed by atoms with E-state index in [0.717, 1.165) is 47.7 Å². The summed E-state index contributed by atoms with van der Waals surface area (Å²) in [5.41, 5.74) is 2.54. The van der Waals surface area contributed by atoms with Gasteiger partial charge >= 0.3 is 0 Å². The molecule has 1 fully saturated rings. The maximum Gasteiger partial charge on any atom is 0.254 e. The number of carbonyl (C=O) groups is 1. The van der Waals surface area contributed by atoms with Crippen LogP contribution in [0, 0.1) is 13.8 Å². The van der Waals surface area contributed by atoms with Gasteiger partial charge in [0.1, 0.15) is 18.1 Å². The molecule has 140 valence electrons. The normalized spacial score (nSPS) is 15.0. The summed E-state index contributed by atoms with van der Waals surface area (Å²) in [6, 6.07) is 7.82. The van der Waals surface area contributed by atoms with Crippen molar-refractivity contribution >= 4 is 5.91 Å². The van der Waals surface area contributed by atoms with Crippen LogP contribution in [-0.4, -0.2) is 28.6 Å². The lowest BCUT2D eigenvalue weighted by molar-refractivity contribution is 0.0648. The SMILES string of the molecule is CCN(C(=O)c1ccc(OCc2c(C)noc2C)cc1)C1CCCCC1. The van der Waals surface area contributed by atoms with Crippen LogP contribution in [0.25, 0.3) is 0 Å². The van der Waals surface area contributed by atoms with Crippen molar-refractivity contribution in [2.24, 2.45) is 0 Å². The summed E-state index contributed by atoms with van der Waals surface area (Å²) in [6.45, 7) is 7.02. The lowest BCUT2D eigenvalue weighted by atomic mass is 9.93. The van der Waals surface area contributed by atoms with E-state index in [1.807, 2.05) is 43.0 Å². The number of benzene rings is 1. The molecule has 0 radical (unpaired) electrons. The van der Waals surface area contributed by atoms with E-state index in [2.05, 4.69) is 12.1 Å². The predicted octanol–water partition coefficient (Wildman–Crippen LogP) is 4.67. The molecule has 0 saturated heterocycles. The molecule has 5 heteroatoms. The predicted molar refractivity (Wildman–Crippen MR) is 100 cm³/mol. The van der Waals surface area contributed by atoms with Crippen LogP contribution in [0.5, 0.6) is 5.75 Å². The average Bonchev–Trinajstić information content (AvgIpc) is 2.99. The van der Waals surface area contributed by atoms with Crippen LogP contribution in [0.2, 0.25) is 0 Å². The van der Waals surface area contributed by atoms with Gasteiger partial charge in [-0.05, 0) is 57.9 Å². The van der Waals surface area contributed by atoms with Gasteiger partial charge in [-0.15, -0.1) is 0 Å². The molecule has 0 N–H and O–H groups in total. The Morgan fingerprint density at radius 2 is 1.88 bits per heavy atom. The van der Waals surface area contributed by atoms with Crippen LogP contribution in [0.4, 0.5) is 0 Å². The van der Waals surface area contributed by atoms with Crippen molar-refractivity contribution < 1.29 is 14.1 Å². The fourth-order valence-corrected chi connectivity index (χ4v) is 3.68. The van der Waals surface area contributed by atoms with Crippen molar-refractivity contribution in [2.75, 3.05) is 6.54 Å². The van der Waals surface area contributed by atoms with Crippen LogP contribution >= 0.6 is 0 Å². The number of aromatic nitrogens is 1. The summed E-state index contributed by atoms with van der Waals surface area (Å²) in [4.78, 5) is 14.9. The third kappa shape index (κ3) is 4.09. The molecule has 1 aromatic heterocycles. The molecule has 1 saturated carbocycles. The lowest BCUT2D eigenvalue weighted by Gasteiger charge is -2.33. The summed E-state index contributed by atoms with van der Waals surface area (Å²) in [5.74, 6) is 1.64. The Hall–Kier alpha value is -2.30. The van der Waals surface area contributed by atoms with E-state index in [4.69, 9.17) is 9.26 Å². The van der Waals surface area contributed by atoms with Gasteiger partial charge in [0.2, 0.25) is 0 Å². The molecule has 0 aliphatic heterocycles. The number of hydrogen-bond acceptors (Lipinski definition) is 4. The van der Waals surface area contributed by atoms with Gasteiger partial charge < -0.3 is 14.2 Å². The largest absolute Gasteiger partial charge is 0.489 e. The Balaban J connectivity index is 1.63. The van der Waals surface area contributed by atoms with Gasteiger partial charge in [-0.3, -0.25) is 4.79 Å². The van der Waals surface area contributed by atoms with E-state index >= 15 is 0 Å². The molecule has 0 spiro atoms. The number of nitrogens with zero attached hydrogens (tertiary/aromatic N) is 2. The van der Waals surface area contributed by atoms with E-state index < -0.39 is 0 Å². The molecule has 2 aromatic rings. The van der Waals surface area contributed by atoms with Crippen molar-refractivity contribution in [3.8, 4) is 5.75 Å². The summed E-state index contributed by atoms with van der Waals surface area (Å²) >= 11 is 0. The summed E-state index contributed by atoms with van der Waals surface area (Å²) in [7, 11) is 0. The molecule has 1 amide bonds. The molecule has 5 nitrogen and oxygen atoms in total. The average molecular weight is 356 g/mol. The first-order valence-corrected chi connectivity index (χ1v) is 9.55. The van der Waals surface area contributed by atoms with Crippen LogP contribution < -0.4 is 4.74 Å². The number of aryl methyl sites for hydroxylation is 2. The van der Waals surface area contributed by atoms with Gasteiger partial charge in [0.25, 0.3) is 5.91 Å². The second-order valence-electron chi connectivity index (χ2n) is 7.00. The monoisotopic (exact) mass is 356 g/mol. The third-order valence-corrected chi connectivity index (χ3v) is 5.28. The number of rotatable bonds is 6. The van der Waals surface area contributed by atoms with Gasteiger partial charge in [-0.25, -0.2) is 0 Å². The fourth-order valence-electron chi connectivity index (χ4n) is 3.68. The van der Waals surface area contributed by atoms with Crippen LogP contribution in [-0.2, 0) is 6.61 Å². The Morgan fingerprint density at radius 3 is 2.46 bits per heavy atom. The van der Waals surface area contributed by atoms with E-state index in [1.54, 1.807) is 0 Å². The molecule has 1 aliphatic rings. The minimum Gasteiger partial charge on any atom is -0.489 e. The summed E-state index contributed by atoms with van der Waals surface area (Å²) < 4.78 is 11.0. The minimum atomic E-state index is 0.122. The van der Waals surface area contributed by atoms with Crippen molar-refractivity contribution in [2.45, 2.75) is 65.5 Å². The molecule has 26 heavy (non-hydrogen) atoms. The summed E-state index contributed by atoms with van der Waals surface area (Å²) in [5, 5.41) is 3.93. The Morgan fingerprint density at radius 1 is 1.19 bits per heavy atom. The van der Waals surface area contributed by atoms with Crippen molar-refractivity contribution in [1.29, 1.82) is 0 Å². The molecule has 1 aliphatic carbocycles. The zero-order valence-corrected chi connectivity index (χ0v) is 16.0.